The fraction of sp³-hybridized carbons (Fsp3) is 0.769. The molecule has 17 heavy (non-hydrogen) atoms. The van der Waals surface area contributed by atoms with Crippen LogP contribution in [0.15, 0.2) is 5.51 Å². The van der Waals surface area contributed by atoms with Crippen molar-refractivity contribution in [2.24, 2.45) is 11.1 Å². The van der Waals surface area contributed by atoms with E-state index in [1.807, 2.05) is 5.51 Å². The number of hydrogen-bond acceptors (Lipinski definition) is 4. The molecular formula is C13H25N3S. The fourth-order valence-corrected chi connectivity index (χ4v) is 3.49. The van der Waals surface area contributed by atoms with Crippen LogP contribution in [0.25, 0.3) is 0 Å². The van der Waals surface area contributed by atoms with Crippen LogP contribution in [0.5, 0.6) is 0 Å². The number of rotatable bonds is 4. The van der Waals surface area contributed by atoms with E-state index < -0.39 is 0 Å². The number of thiazole rings is 1. The predicted molar refractivity (Wildman–Crippen MR) is 75.2 cm³/mol. The molecule has 0 spiro atoms. The van der Waals surface area contributed by atoms with Gasteiger partial charge in [-0.3, -0.25) is 4.90 Å². The van der Waals surface area contributed by atoms with Gasteiger partial charge in [-0.25, -0.2) is 4.98 Å². The summed E-state index contributed by atoms with van der Waals surface area (Å²) in [4.78, 5) is 7.98. The summed E-state index contributed by atoms with van der Waals surface area (Å²) in [6, 6.07) is 0.525. The molecule has 0 saturated heterocycles. The highest BCUT2D eigenvalue weighted by Crippen LogP contribution is 2.27. The minimum absolute atomic E-state index is 0.160. The SMILES string of the molecule is Cc1ncsc1CN(C)C(C(C)N)C(C)(C)C. The van der Waals surface area contributed by atoms with E-state index in [2.05, 4.69) is 51.6 Å². The molecule has 2 atom stereocenters. The number of nitrogens with zero attached hydrogens (tertiary/aromatic N) is 2. The summed E-state index contributed by atoms with van der Waals surface area (Å²) in [5.41, 5.74) is 9.37. The summed E-state index contributed by atoms with van der Waals surface area (Å²) < 4.78 is 0. The molecule has 1 aromatic heterocycles. The van der Waals surface area contributed by atoms with Crippen molar-refractivity contribution in [1.29, 1.82) is 0 Å². The smallest absolute Gasteiger partial charge is 0.0798 e. The van der Waals surface area contributed by atoms with Crippen molar-refractivity contribution >= 4 is 11.3 Å². The van der Waals surface area contributed by atoms with Crippen molar-refractivity contribution in [2.75, 3.05) is 7.05 Å². The highest BCUT2D eigenvalue weighted by atomic mass is 32.1. The molecule has 0 amide bonds. The minimum Gasteiger partial charge on any atom is -0.327 e. The van der Waals surface area contributed by atoms with E-state index in [0.29, 0.717) is 6.04 Å². The summed E-state index contributed by atoms with van der Waals surface area (Å²) in [6.45, 7) is 11.8. The normalized spacial score (nSPS) is 16.2. The molecule has 0 aliphatic heterocycles. The van der Waals surface area contributed by atoms with E-state index >= 15 is 0 Å². The zero-order chi connectivity index (χ0) is 13.2. The molecule has 0 fully saturated rings. The summed E-state index contributed by atoms with van der Waals surface area (Å²) in [5, 5.41) is 0. The lowest BCUT2D eigenvalue weighted by atomic mass is 9.82. The second-order valence-corrected chi connectivity index (χ2v) is 6.89. The Labute approximate surface area is 109 Å². The average Bonchev–Trinajstić information content (AvgIpc) is 2.48. The molecule has 0 radical (unpaired) electrons. The molecule has 2 unspecified atom stereocenters. The molecule has 3 nitrogen and oxygen atoms in total. The van der Waals surface area contributed by atoms with Crippen LogP contribution in [-0.2, 0) is 6.54 Å². The molecule has 0 saturated carbocycles. The van der Waals surface area contributed by atoms with Gasteiger partial charge in [-0.2, -0.15) is 0 Å². The van der Waals surface area contributed by atoms with Crippen LogP contribution in [0.1, 0.15) is 38.3 Å². The van der Waals surface area contributed by atoms with Crippen LogP contribution in [0.3, 0.4) is 0 Å². The van der Waals surface area contributed by atoms with Gasteiger partial charge >= 0.3 is 0 Å². The van der Waals surface area contributed by atoms with Crippen molar-refractivity contribution in [2.45, 2.75) is 53.2 Å². The third-order valence-electron chi connectivity index (χ3n) is 3.10. The molecule has 1 heterocycles. The Kier molecular flexibility index (Phi) is 4.69. The van der Waals surface area contributed by atoms with Gasteiger partial charge in [0.25, 0.3) is 0 Å². The molecule has 1 rings (SSSR count). The van der Waals surface area contributed by atoms with Gasteiger partial charge in [0, 0.05) is 23.5 Å². The van der Waals surface area contributed by atoms with Crippen molar-refractivity contribution in [1.82, 2.24) is 9.88 Å². The topological polar surface area (TPSA) is 42.2 Å². The third kappa shape index (κ3) is 3.76. The summed E-state index contributed by atoms with van der Waals surface area (Å²) in [7, 11) is 2.15. The Bertz CT molecular complexity index is 352. The van der Waals surface area contributed by atoms with E-state index in [1.54, 1.807) is 11.3 Å². The zero-order valence-electron chi connectivity index (χ0n) is 11.8. The van der Waals surface area contributed by atoms with Crippen molar-refractivity contribution in [3.8, 4) is 0 Å². The molecule has 2 N–H and O–H groups in total. The van der Waals surface area contributed by atoms with Gasteiger partial charge < -0.3 is 5.73 Å². The quantitative estimate of drug-likeness (QED) is 0.899. The van der Waals surface area contributed by atoms with E-state index in [1.165, 1.54) is 4.88 Å². The maximum absolute atomic E-state index is 6.14. The monoisotopic (exact) mass is 255 g/mol. The first-order valence-electron chi connectivity index (χ1n) is 6.08. The predicted octanol–water partition coefficient (Wildman–Crippen LogP) is 2.65. The van der Waals surface area contributed by atoms with Crippen molar-refractivity contribution in [3.05, 3.63) is 16.1 Å². The Balaban J connectivity index is 2.80. The fourth-order valence-electron chi connectivity index (χ4n) is 2.65. The highest BCUT2D eigenvalue weighted by molar-refractivity contribution is 7.09. The minimum atomic E-state index is 0.160. The number of aromatic nitrogens is 1. The maximum Gasteiger partial charge on any atom is 0.0798 e. The van der Waals surface area contributed by atoms with Crippen LogP contribution in [0.4, 0.5) is 0 Å². The summed E-state index contributed by atoms with van der Waals surface area (Å²) in [6.07, 6.45) is 0. The second kappa shape index (κ2) is 5.46. The van der Waals surface area contributed by atoms with Crippen molar-refractivity contribution < 1.29 is 0 Å². The molecule has 0 aliphatic carbocycles. The molecule has 98 valence electrons. The Morgan fingerprint density at radius 1 is 1.47 bits per heavy atom. The van der Waals surface area contributed by atoms with Gasteiger partial charge in [-0.05, 0) is 26.3 Å². The largest absolute Gasteiger partial charge is 0.327 e. The summed E-state index contributed by atoms with van der Waals surface area (Å²) >= 11 is 1.72. The van der Waals surface area contributed by atoms with E-state index in [-0.39, 0.29) is 11.5 Å². The van der Waals surface area contributed by atoms with Crippen molar-refractivity contribution in [3.63, 3.8) is 0 Å². The molecular weight excluding hydrogens is 230 g/mol. The van der Waals surface area contributed by atoms with Gasteiger partial charge in [0.1, 0.15) is 0 Å². The van der Waals surface area contributed by atoms with Crippen LogP contribution >= 0.6 is 11.3 Å². The second-order valence-electron chi connectivity index (χ2n) is 5.95. The number of hydrogen-bond donors (Lipinski definition) is 1. The number of aryl methyl sites for hydroxylation is 1. The Morgan fingerprint density at radius 2 is 2.06 bits per heavy atom. The first-order chi connectivity index (χ1) is 7.73. The van der Waals surface area contributed by atoms with E-state index in [0.717, 1.165) is 12.2 Å². The first kappa shape index (κ1) is 14.6. The van der Waals surface area contributed by atoms with Gasteiger partial charge in [-0.1, -0.05) is 20.8 Å². The molecule has 4 heteroatoms. The van der Waals surface area contributed by atoms with E-state index in [4.69, 9.17) is 5.73 Å². The Morgan fingerprint density at radius 3 is 2.41 bits per heavy atom. The number of likely N-dealkylation sites (N-methyl/N-ethyl adjacent to an activating group) is 1. The highest BCUT2D eigenvalue weighted by Gasteiger charge is 2.31. The van der Waals surface area contributed by atoms with Gasteiger partial charge in [0.2, 0.25) is 0 Å². The van der Waals surface area contributed by atoms with Crippen LogP contribution in [0, 0.1) is 12.3 Å². The Hall–Kier alpha value is -0.450. The maximum atomic E-state index is 6.14. The molecule has 1 aromatic rings. The molecule has 0 aliphatic rings. The van der Waals surface area contributed by atoms with Gasteiger partial charge in [0.05, 0.1) is 11.2 Å². The lowest BCUT2D eigenvalue weighted by Gasteiger charge is -2.40. The van der Waals surface area contributed by atoms with Gasteiger partial charge in [-0.15, -0.1) is 11.3 Å². The van der Waals surface area contributed by atoms with Crippen LogP contribution < -0.4 is 5.73 Å². The van der Waals surface area contributed by atoms with Crippen LogP contribution in [-0.4, -0.2) is 29.0 Å². The number of nitrogens with two attached hydrogens (primary N) is 1. The molecule has 0 aromatic carbocycles. The third-order valence-corrected chi connectivity index (χ3v) is 4.02. The van der Waals surface area contributed by atoms with Gasteiger partial charge in [0.15, 0.2) is 0 Å². The average molecular weight is 255 g/mol. The lowest BCUT2D eigenvalue weighted by molar-refractivity contribution is 0.101. The van der Waals surface area contributed by atoms with Crippen LogP contribution in [0.2, 0.25) is 0 Å². The van der Waals surface area contributed by atoms with E-state index in [9.17, 15) is 0 Å². The first-order valence-corrected chi connectivity index (χ1v) is 6.96. The standard InChI is InChI=1S/C13H25N3S/c1-9(14)12(13(3,4)5)16(6)7-11-10(2)15-8-17-11/h8-9,12H,7,14H2,1-6H3. The summed E-state index contributed by atoms with van der Waals surface area (Å²) in [5.74, 6) is 0. The lowest BCUT2D eigenvalue weighted by Crippen LogP contribution is -2.51. The molecule has 0 bridgehead atoms. The zero-order valence-corrected chi connectivity index (χ0v) is 12.6.